The number of rotatable bonds is 5. The molecule has 0 aliphatic carbocycles. The van der Waals surface area contributed by atoms with Crippen molar-refractivity contribution in [2.75, 3.05) is 12.4 Å². The van der Waals surface area contributed by atoms with E-state index in [1.807, 2.05) is 18.2 Å². The van der Waals surface area contributed by atoms with Gasteiger partial charge in [-0.05, 0) is 38.0 Å². The molecule has 0 radical (unpaired) electrons. The first kappa shape index (κ1) is 15.0. The third-order valence-corrected chi connectivity index (χ3v) is 3.27. The van der Waals surface area contributed by atoms with Gasteiger partial charge in [0.2, 0.25) is 0 Å². The van der Waals surface area contributed by atoms with E-state index in [1.165, 1.54) is 12.7 Å². The van der Waals surface area contributed by atoms with Crippen molar-refractivity contribution in [3.8, 4) is 0 Å². The highest BCUT2D eigenvalue weighted by molar-refractivity contribution is 5.90. The molecule has 0 bridgehead atoms. The van der Waals surface area contributed by atoms with Crippen molar-refractivity contribution in [3.05, 3.63) is 59.3 Å². The van der Waals surface area contributed by atoms with Crippen LogP contribution in [0.2, 0.25) is 0 Å². The smallest absolute Gasteiger partial charge is 0.339 e. The Kier molecular flexibility index (Phi) is 4.93. The molecule has 0 fully saturated rings. The molecule has 0 aliphatic rings. The molecule has 4 nitrogen and oxygen atoms in total. The number of aromatic nitrogens is 1. The summed E-state index contributed by atoms with van der Waals surface area (Å²) in [6.07, 6.45) is 0.917. The van der Waals surface area contributed by atoms with E-state index in [0.29, 0.717) is 11.3 Å². The summed E-state index contributed by atoms with van der Waals surface area (Å²) in [6.45, 7) is 3.91. The lowest BCUT2D eigenvalue weighted by molar-refractivity contribution is 0.0599. The zero-order chi connectivity index (χ0) is 15.2. The monoisotopic (exact) mass is 284 g/mol. The second kappa shape index (κ2) is 6.88. The number of carbonyl (C=O) groups excluding carboxylic acids is 1. The highest BCUT2D eigenvalue weighted by atomic mass is 16.5. The van der Waals surface area contributed by atoms with E-state index < -0.39 is 0 Å². The van der Waals surface area contributed by atoms with Crippen molar-refractivity contribution in [3.63, 3.8) is 0 Å². The zero-order valence-corrected chi connectivity index (χ0v) is 12.6. The molecule has 1 N–H and O–H groups in total. The van der Waals surface area contributed by atoms with Crippen LogP contribution in [-0.2, 0) is 11.2 Å². The van der Waals surface area contributed by atoms with Crippen LogP contribution < -0.4 is 5.32 Å². The SMILES string of the molecule is COC(=O)c1ccc(NC(C)Cc2ccccc2)nc1C. The number of carbonyl (C=O) groups is 1. The van der Waals surface area contributed by atoms with Crippen molar-refractivity contribution in [1.29, 1.82) is 0 Å². The topological polar surface area (TPSA) is 51.2 Å². The lowest BCUT2D eigenvalue weighted by Crippen LogP contribution is -2.19. The number of nitrogens with one attached hydrogen (secondary N) is 1. The van der Waals surface area contributed by atoms with E-state index in [0.717, 1.165) is 12.2 Å². The van der Waals surface area contributed by atoms with Crippen LogP contribution in [0.1, 0.15) is 28.5 Å². The maximum absolute atomic E-state index is 11.5. The van der Waals surface area contributed by atoms with E-state index in [-0.39, 0.29) is 12.0 Å². The van der Waals surface area contributed by atoms with Gasteiger partial charge >= 0.3 is 5.97 Å². The predicted octanol–water partition coefficient (Wildman–Crippen LogP) is 3.22. The van der Waals surface area contributed by atoms with Crippen molar-refractivity contribution >= 4 is 11.8 Å². The number of methoxy groups -OCH3 is 1. The molecular weight excluding hydrogens is 264 g/mol. The Morgan fingerprint density at radius 3 is 2.57 bits per heavy atom. The first-order valence-corrected chi connectivity index (χ1v) is 6.96. The lowest BCUT2D eigenvalue weighted by atomic mass is 10.1. The minimum atomic E-state index is -0.358. The molecular formula is C17H20N2O2. The third kappa shape index (κ3) is 4.05. The molecule has 1 atom stereocenters. The van der Waals surface area contributed by atoms with Gasteiger partial charge in [0.05, 0.1) is 18.4 Å². The first-order valence-electron chi connectivity index (χ1n) is 6.96. The summed E-state index contributed by atoms with van der Waals surface area (Å²) in [5.41, 5.74) is 2.44. The zero-order valence-electron chi connectivity index (χ0n) is 12.6. The maximum Gasteiger partial charge on any atom is 0.339 e. The van der Waals surface area contributed by atoms with Crippen molar-refractivity contribution < 1.29 is 9.53 Å². The van der Waals surface area contributed by atoms with Crippen LogP contribution in [-0.4, -0.2) is 24.1 Å². The van der Waals surface area contributed by atoms with Crippen LogP contribution in [0.25, 0.3) is 0 Å². The number of hydrogen-bond acceptors (Lipinski definition) is 4. The second-order valence-corrected chi connectivity index (χ2v) is 5.06. The minimum absolute atomic E-state index is 0.253. The lowest BCUT2D eigenvalue weighted by Gasteiger charge is -2.15. The first-order chi connectivity index (χ1) is 10.1. The number of aryl methyl sites for hydroxylation is 1. The standard InChI is InChI=1S/C17H20N2O2/c1-12(11-14-7-5-4-6-8-14)18-16-10-9-15(13(2)19-16)17(20)21-3/h4-10,12H,11H2,1-3H3,(H,18,19). The van der Waals surface area contributed by atoms with Gasteiger partial charge in [-0.2, -0.15) is 0 Å². The summed E-state index contributed by atoms with van der Waals surface area (Å²) in [7, 11) is 1.37. The van der Waals surface area contributed by atoms with Gasteiger partial charge in [0.25, 0.3) is 0 Å². The predicted molar refractivity (Wildman–Crippen MR) is 83.5 cm³/mol. The van der Waals surface area contributed by atoms with Gasteiger partial charge in [-0.15, -0.1) is 0 Å². The maximum atomic E-state index is 11.5. The molecule has 0 aliphatic heterocycles. The van der Waals surface area contributed by atoms with Gasteiger partial charge in [-0.1, -0.05) is 30.3 Å². The molecule has 2 rings (SSSR count). The fourth-order valence-corrected chi connectivity index (χ4v) is 2.24. The molecule has 0 saturated carbocycles. The average molecular weight is 284 g/mol. The Balaban J connectivity index is 2.03. The van der Waals surface area contributed by atoms with Crippen LogP contribution in [0, 0.1) is 6.92 Å². The quantitative estimate of drug-likeness (QED) is 0.857. The van der Waals surface area contributed by atoms with E-state index in [2.05, 4.69) is 29.4 Å². The molecule has 110 valence electrons. The van der Waals surface area contributed by atoms with Crippen LogP contribution in [0.15, 0.2) is 42.5 Å². The number of ether oxygens (including phenoxy) is 1. The Hall–Kier alpha value is -2.36. The van der Waals surface area contributed by atoms with Crippen LogP contribution in [0.3, 0.4) is 0 Å². The third-order valence-electron chi connectivity index (χ3n) is 3.27. The Bertz CT molecular complexity index is 611. The van der Waals surface area contributed by atoms with Gasteiger partial charge in [0.15, 0.2) is 0 Å². The molecule has 0 saturated heterocycles. The van der Waals surface area contributed by atoms with E-state index in [9.17, 15) is 4.79 Å². The van der Waals surface area contributed by atoms with Crippen LogP contribution >= 0.6 is 0 Å². The number of pyridine rings is 1. The number of benzene rings is 1. The molecule has 0 spiro atoms. The Morgan fingerprint density at radius 1 is 1.24 bits per heavy atom. The summed E-state index contributed by atoms with van der Waals surface area (Å²) in [4.78, 5) is 15.9. The molecule has 0 amide bonds. The van der Waals surface area contributed by atoms with Crippen LogP contribution in [0.4, 0.5) is 5.82 Å². The molecule has 1 heterocycles. The summed E-state index contributed by atoms with van der Waals surface area (Å²) in [5.74, 6) is 0.410. The number of esters is 1. The summed E-state index contributed by atoms with van der Waals surface area (Å²) in [5, 5.41) is 3.35. The van der Waals surface area contributed by atoms with E-state index in [1.54, 1.807) is 19.1 Å². The summed E-state index contributed by atoms with van der Waals surface area (Å²) in [6, 6.07) is 14.1. The molecule has 4 heteroatoms. The van der Waals surface area contributed by atoms with E-state index in [4.69, 9.17) is 4.74 Å². The van der Waals surface area contributed by atoms with Gasteiger partial charge in [-0.3, -0.25) is 0 Å². The van der Waals surface area contributed by atoms with Crippen LogP contribution in [0.5, 0.6) is 0 Å². The molecule has 1 unspecified atom stereocenters. The van der Waals surface area contributed by atoms with Gasteiger partial charge in [-0.25, -0.2) is 9.78 Å². The largest absolute Gasteiger partial charge is 0.465 e. The highest BCUT2D eigenvalue weighted by Crippen LogP contribution is 2.14. The van der Waals surface area contributed by atoms with Crippen molar-refractivity contribution in [2.24, 2.45) is 0 Å². The summed E-state index contributed by atoms with van der Waals surface area (Å²) >= 11 is 0. The van der Waals surface area contributed by atoms with Crippen molar-refractivity contribution in [1.82, 2.24) is 4.98 Å². The number of nitrogens with zero attached hydrogens (tertiary/aromatic N) is 1. The number of anilines is 1. The minimum Gasteiger partial charge on any atom is -0.465 e. The molecule has 2 aromatic rings. The highest BCUT2D eigenvalue weighted by Gasteiger charge is 2.11. The van der Waals surface area contributed by atoms with Gasteiger partial charge in [0, 0.05) is 6.04 Å². The van der Waals surface area contributed by atoms with E-state index >= 15 is 0 Å². The fraction of sp³-hybridized carbons (Fsp3) is 0.294. The summed E-state index contributed by atoms with van der Waals surface area (Å²) < 4.78 is 4.72. The second-order valence-electron chi connectivity index (χ2n) is 5.06. The van der Waals surface area contributed by atoms with Crippen molar-refractivity contribution in [2.45, 2.75) is 26.3 Å². The van der Waals surface area contributed by atoms with Gasteiger partial charge in [0.1, 0.15) is 5.82 Å². The normalized spacial score (nSPS) is 11.8. The molecule has 21 heavy (non-hydrogen) atoms. The fourth-order valence-electron chi connectivity index (χ4n) is 2.24. The average Bonchev–Trinajstić information content (AvgIpc) is 2.47. The molecule has 1 aromatic heterocycles. The Morgan fingerprint density at radius 2 is 1.95 bits per heavy atom. The Labute approximate surface area is 125 Å². The number of hydrogen-bond donors (Lipinski definition) is 1. The van der Waals surface area contributed by atoms with Gasteiger partial charge < -0.3 is 10.1 Å². The molecule has 1 aromatic carbocycles.